The fraction of sp³-hybridized carbons (Fsp3) is 0.440. The summed E-state index contributed by atoms with van der Waals surface area (Å²) >= 11 is 0. The van der Waals surface area contributed by atoms with Crippen molar-refractivity contribution in [3.8, 4) is 5.75 Å². The maximum absolute atomic E-state index is 14.0. The molecular formula is C25H30F2N2O4. The molecule has 1 atom stereocenters. The van der Waals surface area contributed by atoms with Crippen molar-refractivity contribution >= 4 is 10.9 Å². The molecule has 8 heteroatoms. The standard InChI is InChI=1S/C25H30F2N2O4/c26-25(27,18-8-4-3-5-9-18)17-33-15-7-2-1-6-14-28-16-22(31)19-10-12-21(30)24-20(19)11-13-23(32)29-24/h4-5,8,10-13,22,28,30-31H,1-3,6-7,14-17H2,(H,29,32). The summed E-state index contributed by atoms with van der Waals surface area (Å²) in [4.78, 5) is 14.1. The minimum absolute atomic E-state index is 0.0425. The van der Waals surface area contributed by atoms with Gasteiger partial charge in [0.15, 0.2) is 0 Å². The molecule has 4 N–H and O–H groups in total. The summed E-state index contributed by atoms with van der Waals surface area (Å²) in [5.41, 5.74) is 3.07. The van der Waals surface area contributed by atoms with Gasteiger partial charge in [-0.3, -0.25) is 4.79 Å². The molecule has 1 aromatic heterocycles. The Morgan fingerprint density at radius 2 is 2.00 bits per heavy atom. The maximum atomic E-state index is 14.0. The van der Waals surface area contributed by atoms with Crippen molar-refractivity contribution in [3.05, 3.63) is 69.7 Å². The van der Waals surface area contributed by atoms with Crippen molar-refractivity contribution in [1.29, 1.82) is 0 Å². The number of hydrogen-bond donors (Lipinski definition) is 4. The summed E-state index contributed by atoms with van der Waals surface area (Å²) in [5, 5.41) is 24.2. The van der Waals surface area contributed by atoms with Gasteiger partial charge in [-0.1, -0.05) is 25.0 Å². The third kappa shape index (κ3) is 7.11. The Bertz CT molecular complexity index is 1090. The number of hydrogen-bond acceptors (Lipinski definition) is 5. The lowest BCUT2D eigenvalue weighted by Gasteiger charge is -2.17. The van der Waals surface area contributed by atoms with Gasteiger partial charge in [-0.2, -0.15) is 8.78 Å². The Balaban J connectivity index is 1.29. The number of benzene rings is 1. The van der Waals surface area contributed by atoms with Crippen LogP contribution in [0.3, 0.4) is 0 Å². The quantitative estimate of drug-likeness (QED) is 0.267. The van der Waals surface area contributed by atoms with E-state index in [1.165, 1.54) is 18.2 Å². The molecule has 0 radical (unpaired) electrons. The molecule has 1 aliphatic rings. The number of phenolic OH excluding ortho intramolecular Hbond substituents is 1. The second kappa shape index (κ2) is 11.9. The summed E-state index contributed by atoms with van der Waals surface area (Å²) in [7, 11) is 0. The number of ether oxygens (including phenoxy) is 1. The zero-order valence-electron chi connectivity index (χ0n) is 18.4. The van der Waals surface area contributed by atoms with E-state index in [0.29, 0.717) is 49.0 Å². The highest BCUT2D eigenvalue weighted by Crippen LogP contribution is 2.28. The Hall–Kier alpha value is -2.77. The molecule has 2 aromatic rings. The predicted molar refractivity (Wildman–Crippen MR) is 124 cm³/mol. The number of halogens is 2. The number of aromatic hydroxyl groups is 1. The van der Waals surface area contributed by atoms with Gasteiger partial charge in [0.1, 0.15) is 12.4 Å². The van der Waals surface area contributed by atoms with Crippen LogP contribution in [0.2, 0.25) is 0 Å². The number of aliphatic hydroxyl groups excluding tert-OH is 1. The van der Waals surface area contributed by atoms with E-state index in [1.54, 1.807) is 24.3 Å². The minimum Gasteiger partial charge on any atom is -0.506 e. The number of aliphatic hydroxyl groups is 1. The summed E-state index contributed by atoms with van der Waals surface area (Å²) in [6.07, 6.45) is 7.89. The predicted octanol–water partition coefficient (Wildman–Crippen LogP) is 4.11. The zero-order valence-corrected chi connectivity index (χ0v) is 18.4. The number of aromatic amines is 1. The average molecular weight is 461 g/mol. The van der Waals surface area contributed by atoms with Gasteiger partial charge in [-0.15, -0.1) is 5.73 Å². The highest BCUT2D eigenvalue weighted by Gasteiger charge is 2.33. The van der Waals surface area contributed by atoms with Gasteiger partial charge in [0.25, 0.3) is 0 Å². The van der Waals surface area contributed by atoms with Crippen molar-refractivity contribution in [2.24, 2.45) is 0 Å². The van der Waals surface area contributed by atoms with Crippen molar-refractivity contribution < 1.29 is 23.7 Å². The Morgan fingerprint density at radius 3 is 2.79 bits per heavy atom. The summed E-state index contributed by atoms with van der Waals surface area (Å²) in [5.74, 6) is -3.06. The zero-order chi connectivity index (χ0) is 23.7. The van der Waals surface area contributed by atoms with Crippen LogP contribution in [0.4, 0.5) is 8.78 Å². The van der Waals surface area contributed by atoms with Gasteiger partial charge in [-0.05, 0) is 55.7 Å². The molecule has 1 unspecified atom stereocenters. The molecule has 178 valence electrons. The second-order valence-electron chi connectivity index (χ2n) is 8.08. The first kappa shape index (κ1) is 24.9. The largest absolute Gasteiger partial charge is 0.506 e. The summed E-state index contributed by atoms with van der Waals surface area (Å²) < 4.78 is 33.1. The molecule has 1 heterocycles. The van der Waals surface area contributed by atoms with Crippen LogP contribution in [0.25, 0.3) is 10.9 Å². The number of pyridine rings is 1. The summed E-state index contributed by atoms with van der Waals surface area (Å²) in [6, 6.07) is 6.04. The van der Waals surface area contributed by atoms with Crippen LogP contribution in [-0.4, -0.2) is 47.4 Å². The molecule has 0 saturated carbocycles. The number of aromatic nitrogens is 1. The second-order valence-corrected chi connectivity index (χ2v) is 8.08. The highest BCUT2D eigenvalue weighted by atomic mass is 19.3. The molecule has 6 nitrogen and oxygen atoms in total. The first-order chi connectivity index (χ1) is 15.9. The van der Waals surface area contributed by atoms with Crippen molar-refractivity contribution in [2.45, 2.75) is 44.1 Å². The van der Waals surface area contributed by atoms with Crippen LogP contribution < -0.4 is 10.9 Å². The number of nitrogens with one attached hydrogen (secondary N) is 2. The van der Waals surface area contributed by atoms with E-state index < -0.39 is 18.6 Å². The molecule has 1 aromatic carbocycles. The van der Waals surface area contributed by atoms with E-state index in [9.17, 15) is 23.8 Å². The van der Waals surface area contributed by atoms with E-state index in [4.69, 9.17) is 4.74 Å². The van der Waals surface area contributed by atoms with Crippen molar-refractivity contribution in [3.63, 3.8) is 0 Å². The van der Waals surface area contributed by atoms with E-state index in [2.05, 4.69) is 16.0 Å². The average Bonchev–Trinajstić information content (AvgIpc) is 2.81. The Kier molecular flexibility index (Phi) is 8.97. The molecule has 1 aliphatic carbocycles. The normalized spacial score (nSPS) is 14.6. The van der Waals surface area contributed by atoms with Gasteiger partial charge < -0.3 is 25.3 Å². The SMILES string of the molecule is O=c1ccc2c(C(O)CNCCCCCCOCC(F)(F)C3=C=CCC=C3)ccc(O)c2[nH]1. The van der Waals surface area contributed by atoms with Crippen LogP contribution in [-0.2, 0) is 4.74 Å². The van der Waals surface area contributed by atoms with Crippen LogP contribution >= 0.6 is 0 Å². The Labute approximate surface area is 191 Å². The lowest BCUT2D eigenvalue weighted by Crippen LogP contribution is -2.26. The number of fused-ring (bicyclic) bond motifs is 1. The third-order valence-electron chi connectivity index (χ3n) is 5.47. The van der Waals surface area contributed by atoms with Gasteiger partial charge in [0, 0.05) is 24.6 Å². The third-order valence-corrected chi connectivity index (χ3v) is 5.47. The van der Waals surface area contributed by atoms with E-state index in [1.807, 2.05) is 0 Å². The van der Waals surface area contributed by atoms with Gasteiger partial charge >= 0.3 is 5.92 Å². The van der Waals surface area contributed by atoms with Crippen LogP contribution in [0, 0.1) is 0 Å². The van der Waals surface area contributed by atoms with Crippen LogP contribution in [0.1, 0.15) is 43.8 Å². The molecular weight excluding hydrogens is 430 g/mol. The minimum atomic E-state index is -3.02. The number of unbranched alkanes of at least 4 members (excludes halogenated alkanes) is 3. The van der Waals surface area contributed by atoms with E-state index in [0.717, 1.165) is 19.3 Å². The van der Waals surface area contributed by atoms with Crippen molar-refractivity contribution in [1.82, 2.24) is 10.3 Å². The van der Waals surface area contributed by atoms with Gasteiger partial charge in [0.05, 0.1) is 17.2 Å². The molecule has 0 amide bonds. The lowest BCUT2D eigenvalue weighted by atomic mass is 10.0. The topological polar surface area (TPSA) is 94.6 Å². The molecule has 33 heavy (non-hydrogen) atoms. The highest BCUT2D eigenvalue weighted by molar-refractivity contribution is 5.87. The first-order valence-electron chi connectivity index (χ1n) is 11.2. The summed E-state index contributed by atoms with van der Waals surface area (Å²) in [6.45, 7) is 0.691. The number of phenols is 1. The number of rotatable bonds is 13. The van der Waals surface area contributed by atoms with Gasteiger partial charge in [-0.25, -0.2) is 0 Å². The van der Waals surface area contributed by atoms with E-state index in [-0.39, 0.29) is 16.9 Å². The monoisotopic (exact) mass is 460 g/mol. The van der Waals surface area contributed by atoms with Crippen LogP contribution in [0.15, 0.2) is 58.6 Å². The van der Waals surface area contributed by atoms with Crippen LogP contribution in [0.5, 0.6) is 5.75 Å². The molecule has 3 rings (SSSR count). The fourth-order valence-corrected chi connectivity index (χ4v) is 3.68. The fourth-order valence-electron chi connectivity index (χ4n) is 3.68. The maximum Gasteiger partial charge on any atom is 0.302 e. The Morgan fingerprint density at radius 1 is 1.18 bits per heavy atom. The number of allylic oxidation sites excluding steroid dienone is 2. The molecule has 0 saturated heterocycles. The van der Waals surface area contributed by atoms with Gasteiger partial charge in [0.2, 0.25) is 5.56 Å². The first-order valence-corrected chi connectivity index (χ1v) is 11.2. The molecule has 0 bridgehead atoms. The van der Waals surface area contributed by atoms with Crippen molar-refractivity contribution in [2.75, 3.05) is 26.3 Å². The number of H-pyrrole nitrogens is 1. The molecule has 0 fully saturated rings. The van der Waals surface area contributed by atoms with E-state index >= 15 is 0 Å². The lowest BCUT2D eigenvalue weighted by molar-refractivity contribution is -0.0467. The number of alkyl halides is 2. The molecule has 0 spiro atoms. The molecule has 0 aliphatic heterocycles. The smallest absolute Gasteiger partial charge is 0.302 e.